The molecule has 0 saturated carbocycles. The molecule has 0 aliphatic carbocycles. The van der Waals surface area contributed by atoms with Crippen LogP contribution in [-0.4, -0.2) is 19.9 Å². The molecule has 0 saturated heterocycles. The SMILES string of the molecule is CC(C)(c1cccc(-c2[c-]cc(Oc3cc(C(F)(F)F)cc(C(F)(F)F)c3)nc2Oc2cc(C(F)(F)F)cc(C(F)(F)F)c2)n1)c1cccc(-c2[c-]cc(Oc3cc(C(F)(F)F)cc(C(F)(F)F)c3)nc2Oc2cc(C(F)(F)F)cc(C(F)(F)F)c2)n1.[Pt+2]. The topological polar surface area (TPSA) is 88.5 Å². The van der Waals surface area contributed by atoms with Gasteiger partial charge in [-0.05, 0) is 110 Å². The molecule has 33 heteroatoms. The van der Waals surface area contributed by atoms with Gasteiger partial charge in [-0.15, -0.1) is 12.1 Å². The fourth-order valence-corrected chi connectivity index (χ4v) is 7.77. The number of ether oxygens (including phenoxy) is 4. The van der Waals surface area contributed by atoms with Gasteiger partial charge in [0.15, 0.2) is 0 Å². The summed E-state index contributed by atoms with van der Waals surface area (Å²) in [6.07, 6.45) is -43.5. The molecule has 8 aromatic rings. The number of rotatable bonds is 12. The minimum absolute atomic E-state index is 0. The van der Waals surface area contributed by atoms with Crippen molar-refractivity contribution in [2.75, 3.05) is 0 Å². The third kappa shape index (κ3) is 15.9. The molecule has 468 valence electrons. The van der Waals surface area contributed by atoms with Crippen molar-refractivity contribution in [1.29, 1.82) is 0 Å². The number of aromatic nitrogens is 4. The van der Waals surface area contributed by atoms with E-state index in [9.17, 15) is 105 Å². The van der Waals surface area contributed by atoms with E-state index in [4.69, 9.17) is 18.9 Å². The maximum Gasteiger partial charge on any atom is 2.00 e. The van der Waals surface area contributed by atoms with Gasteiger partial charge in [0, 0.05) is 16.8 Å². The molecular formula is C55H26F24N4O4Pt. The van der Waals surface area contributed by atoms with Gasteiger partial charge in [-0.3, -0.25) is 9.97 Å². The Morgan fingerprint density at radius 3 is 0.761 bits per heavy atom. The number of hydrogen-bond acceptors (Lipinski definition) is 8. The predicted molar refractivity (Wildman–Crippen MR) is 251 cm³/mol. The van der Waals surface area contributed by atoms with E-state index in [1.807, 2.05) is 0 Å². The molecule has 0 aliphatic rings. The average molecular weight is 1460 g/mol. The third-order valence-corrected chi connectivity index (χ3v) is 11.9. The summed E-state index contributed by atoms with van der Waals surface area (Å²) >= 11 is 0. The molecule has 8 nitrogen and oxygen atoms in total. The maximum absolute atomic E-state index is 14.0. The van der Waals surface area contributed by atoms with E-state index >= 15 is 0 Å². The molecule has 4 aromatic heterocycles. The maximum atomic E-state index is 14.0. The van der Waals surface area contributed by atoms with Crippen molar-refractivity contribution >= 4 is 0 Å². The van der Waals surface area contributed by atoms with Crippen molar-refractivity contribution in [3.63, 3.8) is 0 Å². The monoisotopic (exact) mass is 1460 g/mol. The van der Waals surface area contributed by atoms with Gasteiger partial charge in [0.2, 0.25) is 0 Å². The van der Waals surface area contributed by atoms with Gasteiger partial charge in [-0.1, -0.05) is 47.5 Å². The van der Waals surface area contributed by atoms with E-state index in [0.29, 0.717) is 12.1 Å². The van der Waals surface area contributed by atoms with Gasteiger partial charge in [-0.2, -0.15) is 105 Å². The Balaban J connectivity index is 0.0000110. The zero-order chi connectivity index (χ0) is 64.4. The van der Waals surface area contributed by atoms with Crippen molar-refractivity contribution in [3.05, 3.63) is 189 Å². The van der Waals surface area contributed by atoms with Crippen molar-refractivity contribution in [1.82, 2.24) is 19.9 Å². The van der Waals surface area contributed by atoms with Crippen LogP contribution >= 0.6 is 0 Å². The Labute approximate surface area is 491 Å². The average Bonchev–Trinajstić information content (AvgIpc) is 2.03. The van der Waals surface area contributed by atoms with E-state index in [0.717, 1.165) is 12.1 Å². The van der Waals surface area contributed by atoms with Crippen LogP contribution in [0.15, 0.2) is 121 Å². The molecule has 8 rings (SSSR count). The van der Waals surface area contributed by atoms with Gasteiger partial charge in [0.25, 0.3) is 0 Å². The Morgan fingerprint density at radius 2 is 0.534 bits per heavy atom. The Morgan fingerprint density at radius 1 is 0.307 bits per heavy atom. The molecule has 0 atom stereocenters. The second-order valence-electron chi connectivity index (χ2n) is 18.7. The van der Waals surface area contributed by atoms with E-state index < -0.39 is 168 Å². The van der Waals surface area contributed by atoms with E-state index in [2.05, 4.69) is 32.1 Å². The van der Waals surface area contributed by atoms with Crippen molar-refractivity contribution in [2.24, 2.45) is 0 Å². The van der Waals surface area contributed by atoms with Crippen LogP contribution in [0.4, 0.5) is 105 Å². The van der Waals surface area contributed by atoms with Crippen molar-refractivity contribution < 1.29 is 145 Å². The summed E-state index contributed by atoms with van der Waals surface area (Å²) < 4.78 is 354. The molecule has 0 spiro atoms. The summed E-state index contributed by atoms with van der Waals surface area (Å²) in [6, 6.07) is 13.1. The quantitative estimate of drug-likeness (QED) is 0.0883. The second-order valence-corrected chi connectivity index (χ2v) is 18.7. The fourth-order valence-electron chi connectivity index (χ4n) is 7.77. The van der Waals surface area contributed by atoms with Gasteiger partial charge in [0.05, 0.1) is 44.5 Å². The molecule has 0 unspecified atom stereocenters. The summed E-state index contributed by atoms with van der Waals surface area (Å²) in [5.74, 6) is -9.04. The Hall–Kier alpha value is -8.31. The molecule has 88 heavy (non-hydrogen) atoms. The minimum atomic E-state index is -5.47. The smallest absolute Gasteiger partial charge is 0.484 e. The van der Waals surface area contributed by atoms with E-state index in [1.165, 1.54) is 38.1 Å². The predicted octanol–water partition coefficient (Wildman–Crippen LogP) is 19.8. The van der Waals surface area contributed by atoms with Crippen LogP contribution in [0.2, 0.25) is 0 Å². The molecule has 0 radical (unpaired) electrons. The number of nitrogens with zero attached hydrogens (tertiary/aromatic N) is 4. The number of hydrogen-bond donors (Lipinski definition) is 0. The first-order valence-electron chi connectivity index (χ1n) is 23.5. The molecule has 0 amide bonds. The number of halogens is 24. The summed E-state index contributed by atoms with van der Waals surface area (Å²) in [4.78, 5) is 16.7. The van der Waals surface area contributed by atoms with Crippen LogP contribution in [0.1, 0.15) is 69.7 Å². The summed E-state index contributed by atoms with van der Waals surface area (Å²) in [5.41, 5.74) is -19.0. The number of alkyl halides is 24. The minimum Gasteiger partial charge on any atom is -0.484 e. The number of benzene rings is 4. The molecule has 0 aliphatic heterocycles. The molecule has 0 N–H and O–H groups in total. The summed E-state index contributed by atoms with van der Waals surface area (Å²) in [5, 5.41) is 0. The Bertz CT molecular complexity index is 3510. The van der Waals surface area contributed by atoms with Crippen molar-refractivity contribution in [2.45, 2.75) is 68.7 Å². The van der Waals surface area contributed by atoms with Gasteiger partial charge < -0.3 is 28.9 Å². The van der Waals surface area contributed by atoms with Gasteiger partial charge in [-0.25, -0.2) is 0 Å². The van der Waals surface area contributed by atoms with Crippen LogP contribution in [0.25, 0.3) is 22.5 Å². The second kappa shape index (κ2) is 23.7. The molecule has 0 bridgehead atoms. The fraction of sp³-hybridized carbons (Fsp3) is 0.200. The van der Waals surface area contributed by atoms with Crippen LogP contribution < -0.4 is 18.9 Å². The first-order chi connectivity index (χ1) is 39.8. The van der Waals surface area contributed by atoms with E-state index in [-0.39, 0.29) is 105 Å². The molecule has 4 aromatic carbocycles. The van der Waals surface area contributed by atoms with Crippen LogP contribution in [0.3, 0.4) is 0 Å². The Kier molecular flexibility index (Phi) is 18.1. The molecule has 4 heterocycles. The first-order valence-corrected chi connectivity index (χ1v) is 23.5. The zero-order valence-corrected chi connectivity index (χ0v) is 45.1. The largest absolute Gasteiger partial charge is 2.00 e. The first kappa shape index (κ1) is 67.2. The van der Waals surface area contributed by atoms with Crippen molar-refractivity contribution in [3.8, 4) is 69.0 Å². The molecule has 0 fully saturated rings. The number of pyridine rings is 4. The zero-order valence-electron chi connectivity index (χ0n) is 42.9. The summed E-state index contributed by atoms with van der Waals surface area (Å²) in [6.45, 7) is 2.80. The summed E-state index contributed by atoms with van der Waals surface area (Å²) in [7, 11) is 0. The standard InChI is InChI=1S/C55H26F24N4O4.Pt/c1-47(2,41-7-3-5-39(80-41)37-9-11-43(84-33-17-25(48(56,57)58)13-26(18-33)49(59,60)61)82-45(37)86-35-21-29(52(68,69)70)15-30(22-35)53(71,72)73)42-8-4-6-40(81-42)38-10-12-44(85-34-19-27(50(62,63)64)14-28(20-34)51(65,66)67)83-46(38)87-36-23-31(54(74,75)76)16-32(24-36)55(77,78)79;/h3-8,11-24H,1-2H3;/q-2;+2. The van der Waals surface area contributed by atoms with Crippen LogP contribution in [0, 0.1) is 12.1 Å². The van der Waals surface area contributed by atoms with E-state index in [1.54, 1.807) is 0 Å². The van der Waals surface area contributed by atoms with Crippen LogP contribution in [0.5, 0.6) is 46.5 Å². The normalized spacial score (nSPS) is 13.0. The third-order valence-electron chi connectivity index (χ3n) is 11.9. The van der Waals surface area contributed by atoms with Gasteiger partial charge in [0.1, 0.15) is 46.5 Å². The van der Waals surface area contributed by atoms with Crippen LogP contribution in [-0.2, 0) is 75.9 Å². The molecular weight excluding hydrogens is 1430 g/mol. The van der Waals surface area contributed by atoms with Gasteiger partial charge >= 0.3 is 70.5 Å².